The molecule has 0 aromatic heterocycles. The van der Waals surface area contributed by atoms with Gasteiger partial charge in [-0.05, 0) is 68.5 Å². The Balaban J connectivity index is 1.52. The molecule has 2 amide bonds. The molecule has 3 atom stereocenters. The highest BCUT2D eigenvalue weighted by atomic mass is 19.4. The van der Waals surface area contributed by atoms with Crippen LogP contribution in [0, 0.1) is 5.92 Å². The minimum Gasteiger partial charge on any atom is -0.481 e. The average molecular weight is 531 g/mol. The van der Waals surface area contributed by atoms with Gasteiger partial charge >= 0.3 is 12.3 Å². The summed E-state index contributed by atoms with van der Waals surface area (Å²) in [5.41, 5.74) is 1.38. The molecule has 0 unspecified atom stereocenters. The van der Waals surface area contributed by atoms with Gasteiger partial charge in [-0.15, -0.1) is 13.2 Å². The number of carbonyl (C=O) groups excluding carboxylic acids is 2. The van der Waals surface area contributed by atoms with Crippen LogP contribution in [0.1, 0.15) is 73.8 Å². The highest BCUT2D eigenvalue weighted by molar-refractivity contribution is 6.07. The van der Waals surface area contributed by atoms with Crippen LogP contribution in [0.4, 0.5) is 18.9 Å². The first-order chi connectivity index (χ1) is 18.0. The van der Waals surface area contributed by atoms with E-state index in [1.807, 2.05) is 36.1 Å². The SMILES string of the molecule is CC1(N(C(=O)CCC(=O)O)[C@H]2c3ccccc3N(C(=O)c3ccc(OC(F)(F)F)cc3)[C@@H]3CCC[C@@H]32)CC1. The number of alkyl halides is 3. The predicted octanol–water partition coefficient (Wildman–Crippen LogP) is 5.70. The van der Waals surface area contributed by atoms with Crippen molar-refractivity contribution in [2.24, 2.45) is 5.92 Å². The summed E-state index contributed by atoms with van der Waals surface area (Å²) >= 11 is 0. The van der Waals surface area contributed by atoms with E-state index in [0.29, 0.717) is 5.69 Å². The molecule has 7 nitrogen and oxygen atoms in total. The van der Waals surface area contributed by atoms with Crippen molar-refractivity contribution in [3.8, 4) is 5.75 Å². The van der Waals surface area contributed by atoms with Gasteiger partial charge in [-0.2, -0.15) is 0 Å². The third-order valence-electron chi connectivity index (χ3n) is 7.99. The number of hydrogen-bond acceptors (Lipinski definition) is 4. The molecule has 5 rings (SSSR count). The van der Waals surface area contributed by atoms with Gasteiger partial charge in [0.2, 0.25) is 5.91 Å². The number of carboxylic acid groups (broad SMARTS) is 1. The van der Waals surface area contributed by atoms with Crippen LogP contribution in [-0.4, -0.2) is 45.7 Å². The number of amides is 2. The fraction of sp³-hybridized carbons (Fsp3) is 0.464. The van der Waals surface area contributed by atoms with Crippen molar-refractivity contribution in [1.29, 1.82) is 0 Å². The zero-order valence-corrected chi connectivity index (χ0v) is 20.9. The Morgan fingerprint density at radius 3 is 2.37 bits per heavy atom. The largest absolute Gasteiger partial charge is 0.573 e. The van der Waals surface area contributed by atoms with Crippen molar-refractivity contribution < 1.29 is 37.4 Å². The molecule has 2 aliphatic carbocycles. The normalized spacial score (nSPS) is 23.3. The molecule has 202 valence electrons. The van der Waals surface area contributed by atoms with Crippen molar-refractivity contribution in [2.75, 3.05) is 4.90 Å². The smallest absolute Gasteiger partial charge is 0.481 e. The fourth-order valence-corrected chi connectivity index (χ4v) is 6.10. The van der Waals surface area contributed by atoms with Crippen LogP contribution in [0.2, 0.25) is 0 Å². The first kappa shape index (κ1) is 26.1. The summed E-state index contributed by atoms with van der Waals surface area (Å²) in [6, 6.07) is 11.9. The van der Waals surface area contributed by atoms with Crippen LogP contribution in [0.3, 0.4) is 0 Å². The summed E-state index contributed by atoms with van der Waals surface area (Å²) in [6.07, 6.45) is -1.11. The number of rotatable bonds is 7. The molecule has 1 heterocycles. The standard InChI is InChI=1S/C28H29F3N2O5/c1-27(15-16-27)33(23(34)13-14-24(35)36)25-19-5-2-3-7-21(19)32(22-8-4-6-20(22)25)26(37)17-9-11-18(12-10-17)38-28(29,30)31/h2-3,5,7,9-12,20,22,25H,4,6,8,13-16H2,1H3,(H,35,36)/t20-,22+,25-/m0/s1. The zero-order chi connectivity index (χ0) is 27.2. The van der Waals surface area contributed by atoms with Crippen LogP contribution in [0.25, 0.3) is 0 Å². The molecular weight excluding hydrogens is 501 g/mol. The number of para-hydroxylation sites is 1. The zero-order valence-electron chi connectivity index (χ0n) is 20.9. The van der Waals surface area contributed by atoms with Crippen molar-refractivity contribution in [1.82, 2.24) is 4.90 Å². The van der Waals surface area contributed by atoms with Crippen molar-refractivity contribution in [2.45, 2.75) is 75.9 Å². The number of carbonyl (C=O) groups is 3. The van der Waals surface area contributed by atoms with E-state index in [2.05, 4.69) is 4.74 Å². The van der Waals surface area contributed by atoms with Gasteiger partial charge in [0.05, 0.1) is 12.5 Å². The summed E-state index contributed by atoms with van der Waals surface area (Å²) in [6.45, 7) is 2.03. The second kappa shape index (κ2) is 9.63. The van der Waals surface area contributed by atoms with Crippen molar-refractivity contribution >= 4 is 23.5 Å². The number of benzene rings is 2. The minimum absolute atomic E-state index is 0.0483. The van der Waals surface area contributed by atoms with E-state index in [1.165, 1.54) is 12.1 Å². The lowest BCUT2D eigenvalue weighted by atomic mass is 9.80. The third-order valence-corrected chi connectivity index (χ3v) is 7.99. The molecule has 3 aliphatic rings. The molecule has 2 fully saturated rings. The predicted molar refractivity (Wildman–Crippen MR) is 132 cm³/mol. The van der Waals surface area contributed by atoms with Crippen molar-refractivity contribution in [3.05, 3.63) is 59.7 Å². The Morgan fingerprint density at radius 1 is 1.05 bits per heavy atom. The van der Waals surface area contributed by atoms with E-state index in [9.17, 15) is 32.7 Å². The molecule has 0 saturated heterocycles. The Bertz CT molecular complexity index is 1240. The van der Waals surface area contributed by atoms with E-state index in [1.54, 1.807) is 4.90 Å². The molecule has 2 saturated carbocycles. The van der Waals surface area contributed by atoms with Crippen LogP contribution in [0.15, 0.2) is 48.5 Å². The summed E-state index contributed by atoms with van der Waals surface area (Å²) < 4.78 is 41.7. The Hall–Kier alpha value is -3.56. The second-order valence-corrected chi connectivity index (χ2v) is 10.6. The van der Waals surface area contributed by atoms with Crippen molar-refractivity contribution in [3.63, 3.8) is 0 Å². The Kier molecular flexibility index (Phi) is 6.61. The van der Waals surface area contributed by atoms with Gasteiger partial charge in [0, 0.05) is 35.2 Å². The number of fused-ring (bicyclic) bond motifs is 2. The summed E-state index contributed by atoms with van der Waals surface area (Å²) in [5.74, 6) is -2.00. The Labute approximate surface area is 218 Å². The maximum atomic E-state index is 13.8. The monoisotopic (exact) mass is 530 g/mol. The summed E-state index contributed by atoms with van der Waals surface area (Å²) in [5, 5.41) is 9.18. The highest BCUT2D eigenvalue weighted by Gasteiger charge is 2.55. The average Bonchev–Trinajstić information content (AvgIpc) is 3.41. The number of carboxylic acids is 1. The Morgan fingerprint density at radius 2 is 1.74 bits per heavy atom. The van der Waals surface area contributed by atoms with E-state index >= 15 is 0 Å². The lowest BCUT2D eigenvalue weighted by Crippen LogP contribution is -2.54. The molecule has 1 aliphatic heterocycles. The molecule has 0 radical (unpaired) electrons. The number of ether oxygens (including phenoxy) is 1. The quantitative estimate of drug-likeness (QED) is 0.496. The number of halogens is 3. The van der Waals surface area contributed by atoms with Crippen LogP contribution >= 0.6 is 0 Å². The molecular formula is C28H29F3N2O5. The van der Waals surface area contributed by atoms with Gasteiger partial charge in [-0.1, -0.05) is 24.6 Å². The van der Waals surface area contributed by atoms with Gasteiger partial charge in [0.15, 0.2) is 0 Å². The van der Waals surface area contributed by atoms with Gasteiger partial charge in [-0.25, -0.2) is 0 Å². The van der Waals surface area contributed by atoms with E-state index in [0.717, 1.165) is 49.8 Å². The van der Waals surface area contributed by atoms with E-state index in [4.69, 9.17) is 0 Å². The van der Waals surface area contributed by atoms with Gasteiger partial charge in [0.25, 0.3) is 5.91 Å². The molecule has 10 heteroatoms. The second-order valence-electron chi connectivity index (χ2n) is 10.6. The van der Waals surface area contributed by atoms with Crippen LogP contribution < -0.4 is 9.64 Å². The molecule has 2 aromatic rings. The number of anilines is 1. The van der Waals surface area contributed by atoms with Crippen LogP contribution in [-0.2, 0) is 9.59 Å². The van der Waals surface area contributed by atoms with Gasteiger partial charge in [0.1, 0.15) is 5.75 Å². The lowest BCUT2D eigenvalue weighted by Gasteiger charge is -2.49. The third kappa shape index (κ3) is 4.96. The van der Waals surface area contributed by atoms with Crippen LogP contribution in [0.5, 0.6) is 5.75 Å². The van der Waals surface area contributed by atoms with Gasteiger partial charge < -0.3 is 19.6 Å². The maximum Gasteiger partial charge on any atom is 0.573 e. The fourth-order valence-electron chi connectivity index (χ4n) is 6.10. The number of hydrogen-bond donors (Lipinski definition) is 1. The maximum absolute atomic E-state index is 13.8. The van der Waals surface area contributed by atoms with E-state index in [-0.39, 0.29) is 53.8 Å². The van der Waals surface area contributed by atoms with E-state index < -0.39 is 18.1 Å². The molecule has 2 aromatic carbocycles. The number of aliphatic carboxylic acids is 1. The lowest BCUT2D eigenvalue weighted by molar-refractivity contribution is -0.274. The number of nitrogens with zero attached hydrogens (tertiary/aromatic N) is 2. The minimum atomic E-state index is -4.82. The molecule has 0 bridgehead atoms. The van der Waals surface area contributed by atoms with Gasteiger partial charge in [-0.3, -0.25) is 14.4 Å². The topological polar surface area (TPSA) is 87.2 Å². The molecule has 38 heavy (non-hydrogen) atoms. The molecule has 1 N–H and O–H groups in total. The summed E-state index contributed by atoms with van der Waals surface area (Å²) in [7, 11) is 0. The summed E-state index contributed by atoms with van der Waals surface area (Å²) in [4.78, 5) is 42.1. The molecule has 0 spiro atoms. The first-order valence-corrected chi connectivity index (χ1v) is 12.8. The first-order valence-electron chi connectivity index (χ1n) is 12.8. The highest BCUT2D eigenvalue weighted by Crippen LogP contribution is 2.56.